The molecule has 0 radical (unpaired) electrons. The highest BCUT2D eigenvalue weighted by atomic mass is 35.7. The molecule has 2 saturated carbocycles. The van der Waals surface area contributed by atoms with Crippen molar-refractivity contribution < 1.29 is 13.2 Å². The van der Waals surface area contributed by atoms with Crippen LogP contribution >= 0.6 is 10.7 Å². The summed E-state index contributed by atoms with van der Waals surface area (Å²) in [5.41, 5.74) is -0.230. The van der Waals surface area contributed by atoms with Gasteiger partial charge in [-0.3, -0.25) is 0 Å². The molecule has 106 valence electrons. The molecule has 2 aliphatic rings. The van der Waals surface area contributed by atoms with E-state index in [0.717, 1.165) is 38.2 Å². The quantitative estimate of drug-likeness (QED) is 0.557. The second-order valence-corrected chi connectivity index (χ2v) is 8.83. The molecule has 0 spiro atoms. The van der Waals surface area contributed by atoms with E-state index in [-0.39, 0.29) is 11.2 Å². The van der Waals surface area contributed by atoms with E-state index in [0.29, 0.717) is 6.61 Å². The smallest absolute Gasteiger partial charge is 0.233 e. The molecule has 0 aromatic carbocycles. The Morgan fingerprint density at radius 2 is 1.72 bits per heavy atom. The molecule has 0 saturated heterocycles. The summed E-state index contributed by atoms with van der Waals surface area (Å²) in [6.07, 6.45) is 8.99. The molecule has 0 unspecified atom stereocenters. The Morgan fingerprint density at radius 3 is 2.22 bits per heavy atom. The van der Waals surface area contributed by atoms with E-state index in [9.17, 15) is 8.42 Å². The molecule has 0 aliphatic heterocycles. The molecular formula is C13H23ClO3S. The highest BCUT2D eigenvalue weighted by molar-refractivity contribution is 8.13. The lowest BCUT2D eigenvalue weighted by molar-refractivity contribution is 0.0405. The molecule has 2 aliphatic carbocycles. The zero-order valence-corrected chi connectivity index (χ0v) is 12.4. The minimum atomic E-state index is -3.44. The molecule has 0 heterocycles. The van der Waals surface area contributed by atoms with Gasteiger partial charge in [0.15, 0.2) is 0 Å². The van der Waals surface area contributed by atoms with Gasteiger partial charge in [0.2, 0.25) is 9.05 Å². The number of hydrogen-bond acceptors (Lipinski definition) is 3. The van der Waals surface area contributed by atoms with Gasteiger partial charge >= 0.3 is 0 Å². The van der Waals surface area contributed by atoms with Gasteiger partial charge in [0.1, 0.15) is 0 Å². The third kappa shape index (κ3) is 5.06. The molecule has 2 fully saturated rings. The first-order chi connectivity index (χ1) is 8.49. The van der Waals surface area contributed by atoms with Crippen molar-refractivity contribution in [3.05, 3.63) is 0 Å². The third-order valence-corrected chi connectivity index (χ3v) is 5.39. The molecule has 0 atom stereocenters. The van der Waals surface area contributed by atoms with Crippen LogP contribution < -0.4 is 0 Å². The summed E-state index contributed by atoms with van der Waals surface area (Å²) in [6, 6.07) is 0. The number of rotatable bonds is 6. The molecule has 3 nitrogen and oxygen atoms in total. The Labute approximate surface area is 115 Å². The maximum absolute atomic E-state index is 11.4. The SMILES string of the molecule is O=S(=O)(Cl)CC1(COCC2CC2)CCCCCC1. The summed E-state index contributed by atoms with van der Waals surface area (Å²) in [5, 5.41) is 0. The first-order valence-electron chi connectivity index (χ1n) is 6.99. The standard InChI is InChI=1S/C13H23ClO3S/c14-18(15,16)11-13(7-3-1-2-4-8-13)10-17-9-12-5-6-12/h12H,1-11H2. The van der Waals surface area contributed by atoms with E-state index in [2.05, 4.69) is 0 Å². The van der Waals surface area contributed by atoms with Gasteiger partial charge in [-0.25, -0.2) is 8.42 Å². The largest absolute Gasteiger partial charge is 0.381 e. The first-order valence-corrected chi connectivity index (χ1v) is 9.47. The molecule has 18 heavy (non-hydrogen) atoms. The molecule has 0 aromatic rings. The van der Waals surface area contributed by atoms with Gasteiger partial charge in [0.25, 0.3) is 0 Å². The van der Waals surface area contributed by atoms with Crippen LogP contribution in [0.1, 0.15) is 51.4 Å². The number of halogens is 1. The fourth-order valence-electron chi connectivity index (χ4n) is 2.90. The predicted octanol–water partition coefficient (Wildman–Crippen LogP) is 3.32. The molecule has 5 heteroatoms. The van der Waals surface area contributed by atoms with Crippen LogP contribution in [-0.4, -0.2) is 27.4 Å². The minimum absolute atomic E-state index is 0.0756. The molecule has 0 bridgehead atoms. The van der Waals surface area contributed by atoms with Gasteiger partial charge in [0.05, 0.1) is 12.4 Å². The maximum atomic E-state index is 11.4. The molecule has 0 aromatic heterocycles. The van der Waals surface area contributed by atoms with Crippen LogP contribution in [0.5, 0.6) is 0 Å². The van der Waals surface area contributed by atoms with Crippen LogP contribution in [-0.2, 0) is 13.8 Å². The molecular weight excluding hydrogens is 272 g/mol. The van der Waals surface area contributed by atoms with Gasteiger partial charge in [-0.1, -0.05) is 25.7 Å². The van der Waals surface area contributed by atoms with Crippen LogP contribution in [0, 0.1) is 11.3 Å². The van der Waals surface area contributed by atoms with Gasteiger partial charge in [-0.05, 0) is 31.6 Å². The van der Waals surface area contributed by atoms with Crippen LogP contribution in [0.2, 0.25) is 0 Å². The van der Waals surface area contributed by atoms with E-state index >= 15 is 0 Å². The Balaban J connectivity index is 1.94. The Hall–Kier alpha value is 0.200. The zero-order chi connectivity index (χ0) is 13.1. The van der Waals surface area contributed by atoms with Crippen LogP contribution in [0.3, 0.4) is 0 Å². The lowest BCUT2D eigenvalue weighted by Gasteiger charge is -2.31. The van der Waals surface area contributed by atoms with E-state index in [1.807, 2.05) is 0 Å². The highest BCUT2D eigenvalue weighted by Gasteiger charge is 2.36. The second-order valence-electron chi connectivity index (χ2n) is 6.06. The van der Waals surface area contributed by atoms with E-state index in [1.54, 1.807) is 0 Å². The normalized spacial score (nSPS) is 24.7. The molecule has 2 rings (SSSR count). The summed E-state index contributed by atoms with van der Waals surface area (Å²) in [7, 11) is 2.04. The third-order valence-electron chi connectivity index (χ3n) is 4.10. The minimum Gasteiger partial charge on any atom is -0.381 e. The van der Waals surface area contributed by atoms with E-state index < -0.39 is 9.05 Å². The Morgan fingerprint density at radius 1 is 1.11 bits per heavy atom. The fourth-order valence-corrected chi connectivity index (χ4v) is 4.70. The Kier molecular flexibility index (Phi) is 4.95. The molecule has 0 amide bonds. The zero-order valence-electron chi connectivity index (χ0n) is 10.9. The summed E-state index contributed by atoms with van der Waals surface area (Å²) < 4.78 is 28.7. The van der Waals surface area contributed by atoms with Gasteiger partial charge in [-0.2, -0.15) is 0 Å². The summed E-state index contributed by atoms with van der Waals surface area (Å²) >= 11 is 0. The van der Waals surface area contributed by atoms with E-state index in [4.69, 9.17) is 15.4 Å². The predicted molar refractivity (Wildman–Crippen MR) is 73.3 cm³/mol. The average molecular weight is 295 g/mol. The number of ether oxygens (including phenoxy) is 1. The van der Waals surface area contributed by atoms with E-state index in [1.165, 1.54) is 25.7 Å². The van der Waals surface area contributed by atoms with Crippen LogP contribution in [0.4, 0.5) is 0 Å². The molecule has 0 N–H and O–H groups in total. The lowest BCUT2D eigenvalue weighted by atomic mass is 9.83. The Bertz CT molecular complexity index is 354. The highest BCUT2D eigenvalue weighted by Crippen LogP contribution is 2.38. The summed E-state index contributed by atoms with van der Waals surface area (Å²) in [5.74, 6) is 0.798. The van der Waals surface area contributed by atoms with Gasteiger partial charge in [-0.15, -0.1) is 0 Å². The maximum Gasteiger partial charge on any atom is 0.233 e. The monoisotopic (exact) mass is 294 g/mol. The van der Waals surface area contributed by atoms with Crippen molar-refractivity contribution in [2.24, 2.45) is 11.3 Å². The first kappa shape index (κ1) is 14.6. The summed E-state index contributed by atoms with van der Waals surface area (Å²) in [4.78, 5) is 0. The average Bonchev–Trinajstić information content (AvgIpc) is 3.04. The second kappa shape index (κ2) is 6.10. The lowest BCUT2D eigenvalue weighted by Crippen LogP contribution is -2.33. The van der Waals surface area contributed by atoms with Crippen molar-refractivity contribution in [1.29, 1.82) is 0 Å². The fraction of sp³-hybridized carbons (Fsp3) is 1.00. The van der Waals surface area contributed by atoms with Crippen LogP contribution in [0.25, 0.3) is 0 Å². The van der Waals surface area contributed by atoms with Crippen molar-refractivity contribution in [1.82, 2.24) is 0 Å². The van der Waals surface area contributed by atoms with Crippen molar-refractivity contribution in [2.45, 2.75) is 51.4 Å². The van der Waals surface area contributed by atoms with Crippen molar-refractivity contribution >= 4 is 19.7 Å². The van der Waals surface area contributed by atoms with Crippen LogP contribution in [0.15, 0.2) is 0 Å². The van der Waals surface area contributed by atoms with Crippen molar-refractivity contribution in [3.8, 4) is 0 Å². The van der Waals surface area contributed by atoms with Crippen molar-refractivity contribution in [3.63, 3.8) is 0 Å². The number of hydrogen-bond donors (Lipinski definition) is 0. The van der Waals surface area contributed by atoms with Gasteiger partial charge in [0, 0.05) is 22.7 Å². The van der Waals surface area contributed by atoms with Gasteiger partial charge < -0.3 is 4.74 Å². The topological polar surface area (TPSA) is 43.4 Å². The van der Waals surface area contributed by atoms with Crippen molar-refractivity contribution in [2.75, 3.05) is 19.0 Å². The summed E-state index contributed by atoms with van der Waals surface area (Å²) in [6.45, 7) is 1.36.